The van der Waals surface area contributed by atoms with E-state index in [4.69, 9.17) is 0 Å². The minimum Gasteiger partial charge on any atom is -0.394 e. The van der Waals surface area contributed by atoms with Crippen LogP contribution in [-0.2, 0) is 40.0 Å². The normalized spacial score (nSPS) is 28.2. The van der Waals surface area contributed by atoms with E-state index in [0.29, 0.717) is 38.6 Å². The first-order valence-electron chi connectivity index (χ1n) is 18.1. The van der Waals surface area contributed by atoms with Crippen LogP contribution in [0.1, 0.15) is 71.8 Å². The van der Waals surface area contributed by atoms with Crippen molar-refractivity contribution < 1.29 is 38.7 Å². The molecular formula is C36H53N7O8. The van der Waals surface area contributed by atoms with Crippen LogP contribution in [0.5, 0.6) is 0 Å². The van der Waals surface area contributed by atoms with Gasteiger partial charge in [0.25, 0.3) is 0 Å². The molecule has 7 atom stereocenters. The second-order valence-electron chi connectivity index (χ2n) is 14.2. The molecular weight excluding hydrogens is 658 g/mol. The summed E-state index contributed by atoms with van der Waals surface area (Å²) < 4.78 is 0. The fourth-order valence-electron chi connectivity index (χ4n) is 6.95. The third-order valence-electron chi connectivity index (χ3n) is 9.95. The molecule has 0 aromatic heterocycles. The van der Waals surface area contributed by atoms with Crippen molar-refractivity contribution in [3.05, 3.63) is 35.9 Å². The van der Waals surface area contributed by atoms with E-state index < -0.39 is 84.8 Å². The van der Waals surface area contributed by atoms with Crippen molar-refractivity contribution in [3.8, 4) is 0 Å². The van der Waals surface area contributed by atoms with Crippen LogP contribution in [0.4, 0.5) is 0 Å². The lowest BCUT2D eigenvalue weighted by Crippen LogP contribution is -2.60. The number of nitrogens with one attached hydrogen (secondary N) is 5. The number of carbonyl (C=O) groups is 7. The first kappa shape index (κ1) is 39.3. The Hall–Kier alpha value is -4.53. The number of aliphatic hydroxyl groups excluding tert-OH is 1. The van der Waals surface area contributed by atoms with E-state index in [9.17, 15) is 38.7 Å². The van der Waals surface area contributed by atoms with E-state index in [-0.39, 0.29) is 37.1 Å². The number of nitrogens with zero attached hydrogens (tertiary/aromatic N) is 2. The van der Waals surface area contributed by atoms with Gasteiger partial charge >= 0.3 is 0 Å². The summed E-state index contributed by atoms with van der Waals surface area (Å²) in [4.78, 5) is 98.5. The molecule has 3 aliphatic rings. The Kier molecular flexibility index (Phi) is 13.9. The van der Waals surface area contributed by atoms with Crippen molar-refractivity contribution in [3.63, 3.8) is 0 Å². The van der Waals surface area contributed by atoms with Crippen LogP contribution in [0.2, 0.25) is 0 Å². The maximum Gasteiger partial charge on any atom is 0.246 e. The Morgan fingerprint density at radius 2 is 1.35 bits per heavy atom. The lowest BCUT2D eigenvalue weighted by atomic mass is 9.96. The van der Waals surface area contributed by atoms with Crippen LogP contribution in [0.15, 0.2) is 30.3 Å². The third kappa shape index (κ3) is 10.0. The third-order valence-corrected chi connectivity index (χ3v) is 9.95. The molecule has 15 heteroatoms. The molecule has 0 radical (unpaired) electrons. The molecule has 280 valence electrons. The molecule has 3 heterocycles. The van der Waals surface area contributed by atoms with Crippen LogP contribution < -0.4 is 26.6 Å². The molecule has 0 unspecified atom stereocenters. The molecule has 0 bridgehead atoms. The van der Waals surface area contributed by atoms with Gasteiger partial charge in [0.15, 0.2) is 0 Å². The van der Waals surface area contributed by atoms with E-state index in [1.165, 1.54) is 9.80 Å². The molecule has 1 aromatic rings. The quantitative estimate of drug-likeness (QED) is 0.214. The van der Waals surface area contributed by atoms with Crippen molar-refractivity contribution in [1.29, 1.82) is 0 Å². The van der Waals surface area contributed by atoms with Crippen molar-refractivity contribution in [2.45, 2.75) is 109 Å². The van der Waals surface area contributed by atoms with Crippen molar-refractivity contribution >= 4 is 41.4 Å². The van der Waals surface area contributed by atoms with Gasteiger partial charge in [0.2, 0.25) is 41.4 Å². The number of hydrogen-bond acceptors (Lipinski definition) is 8. The summed E-state index contributed by atoms with van der Waals surface area (Å²) in [5, 5.41) is 23.3. The fraction of sp³-hybridized carbons (Fsp3) is 0.639. The van der Waals surface area contributed by atoms with Crippen molar-refractivity contribution in [2.75, 3.05) is 26.2 Å². The lowest BCUT2D eigenvalue weighted by Gasteiger charge is -2.34. The zero-order valence-corrected chi connectivity index (χ0v) is 30.0. The molecule has 7 amide bonds. The Morgan fingerprint density at radius 1 is 0.725 bits per heavy atom. The standard InChI is InChI=1S/C36H53N7O8/c1-5-22(4)30-34(49)39-24(18-23-11-7-6-8-12-23)31(46)37-19-29(45)38-26(20-44)32(47)40-25(17-21(2)3)35(50)43-16-10-14-28(43)36(51)42-15-9-13-27(42)33(48)41-30/h6-8,11-12,21-22,24-28,30,44H,5,9-10,13-20H2,1-4H3,(H,37,46)(H,38,45)(H,39,49)(H,40,47)(H,41,48)/t22-,24-,25-,26-,27-,28-,30-/m0/s1. The highest BCUT2D eigenvalue weighted by Gasteiger charge is 2.44. The zero-order valence-electron chi connectivity index (χ0n) is 30.0. The Balaban J connectivity index is 1.69. The topological polar surface area (TPSA) is 206 Å². The zero-order chi connectivity index (χ0) is 37.2. The van der Waals surface area contributed by atoms with E-state index >= 15 is 0 Å². The van der Waals surface area contributed by atoms with Gasteiger partial charge in [-0.15, -0.1) is 0 Å². The highest BCUT2D eigenvalue weighted by molar-refractivity contribution is 5.98. The summed E-state index contributed by atoms with van der Waals surface area (Å²) in [6.07, 6.45) is 2.71. The van der Waals surface area contributed by atoms with E-state index in [1.54, 1.807) is 24.3 Å². The van der Waals surface area contributed by atoms with Crippen LogP contribution in [0.25, 0.3) is 0 Å². The molecule has 1 aromatic carbocycles. The molecule has 3 saturated heterocycles. The second-order valence-corrected chi connectivity index (χ2v) is 14.2. The number of benzene rings is 1. The first-order chi connectivity index (χ1) is 24.3. The van der Waals surface area contributed by atoms with Gasteiger partial charge in [-0.2, -0.15) is 0 Å². The van der Waals surface area contributed by atoms with Crippen LogP contribution >= 0.6 is 0 Å². The van der Waals surface area contributed by atoms with Gasteiger partial charge in [-0.3, -0.25) is 33.6 Å². The summed E-state index contributed by atoms with van der Waals surface area (Å²) in [5.41, 5.74) is 0.737. The highest BCUT2D eigenvalue weighted by atomic mass is 16.3. The van der Waals surface area contributed by atoms with E-state index in [0.717, 1.165) is 5.56 Å². The van der Waals surface area contributed by atoms with Crippen molar-refractivity contribution in [1.82, 2.24) is 36.4 Å². The predicted octanol–water partition coefficient (Wildman–Crippen LogP) is -0.635. The van der Waals surface area contributed by atoms with Gasteiger partial charge in [-0.1, -0.05) is 64.4 Å². The molecule has 51 heavy (non-hydrogen) atoms. The van der Waals surface area contributed by atoms with Gasteiger partial charge in [-0.25, -0.2) is 0 Å². The Morgan fingerprint density at radius 3 is 1.98 bits per heavy atom. The monoisotopic (exact) mass is 711 g/mol. The summed E-state index contributed by atoms with van der Waals surface area (Å²) >= 11 is 0. The summed E-state index contributed by atoms with van der Waals surface area (Å²) in [6, 6.07) is 2.62. The minimum absolute atomic E-state index is 0.0341. The minimum atomic E-state index is -1.43. The van der Waals surface area contributed by atoms with Crippen LogP contribution in [0.3, 0.4) is 0 Å². The number of aliphatic hydroxyl groups is 1. The lowest BCUT2D eigenvalue weighted by molar-refractivity contribution is -0.148. The average Bonchev–Trinajstić information content (AvgIpc) is 3.81. The molecule has 3 aliphatic heterocycles. The maximum atomic E-state index is 14.1. The molecule has 15 nitrogen and oxygen atoms in total. The first-order valence-corrected chi connectivity index (χ1v) is 18.1. The molecule has 0 aliphatic carbocycles. The summed E-state index contributed by atoms with van der Waals surface area (Å²) in [5.74, 6) is -4.56. The number of hydrogen-bond donors (Lipinski definition) is 6. The number of amides is 7. The van der Waals surface area contributed by atoms with Crippen LogP contribution in [0, 0.1) is 11.8 Å². The SMILES string of the molecule is CC[C@H](C)[C@@H]1NC(=O)[C@@H]2CCCN2C(=O)[C@@H]2CCCN2C(=O)[C@H](CC(C)C)NC(=O)[C@H](CO)NC(=O)CNC(=O)[C@H](Cc2ccccc2)NC1=O. The Labute approximate surface area is 299 Å². The van der Waals surface area contributed by atoms with Gasteiger partial charge in [-0.05, 0) is 49.5 Å². The molecule has 3 fully saturated rings. The Bertz CT molecular complexity index is 1440. The number of rotatable bonds is 7. The molecule has 4 rings (SSSR count). The van der Waals surface area contributed by atoms with Gasteiger partial charge < -0.3 is 41.5 Å². The maximum absolute atomic E-state index is 14.1. The average molecular weight is 712 g/mol. The van der Waals surface area contributed by atoms with Crippen LogP contribution in [-0.4, -0.2) is 119 Å². The summed E-state index contributed by atoms with van der Waals surface area (Å²) in [7, 11) is 0. The molecule has 6 N–H and O–H groups in total. The largest absolute Gasteiger partial charge is 0.394 e. The smallest absolute Gasteiger partial charge is 0.246 e. The van der Waals surface area contributed by atoms with E-state index in [1.807, 2.05) is 33.8 Å². The second kappa shape index (κ2) is 18.1. The molecule has 0 saturated carbocycles. The highest BCUT2D eigenvalue weighted by Crippen LogP contribution is 2.27. The van der Waals surface area contributed by atoms with E-state index in [2.05, 4.69) is 26.6 Å². The van der Waals surface area contributed by atoms with Gasteiger partial charge in [0.1, 0.15) is 36.3 Å². The summed E-state index contributed by atoms with van der Waals surface area (Å²) in [6.45, 7) is 6.68. The van der Waals surface area contributed by atoms with Gasteiger partial charge in [0, 0.05) is 19.5 Å². The van der Waals surface area contributed by atoms with Crippen molar-refractivity contribution in [2.24, 2.45) is 11.8 Å². The number of fused-ring (bicyclic) bond motifs is 2. The fourth-order valence-corrected chi connectivity index (χ4v) is 6.95. The number of carbonyl (C=O) groups excluding carboxylic acids is 7. The molecule has 0 spiro atoms. The predicted molar refractivity (Wildman–Crippen MR) is 186 cm³/mol. The van der Waals surface area contributed by atoms with Gasteiger partial charge in [0.05, 0.1) is 13.2 Å².